The first kappa shape index (κ1) is 22.5. The fraction of sp³-hybridized carbons (Fsp3) is 0.500. The number of aliphatic imine (C=N–C) groups is 1. The van der Waals surface area contributed by atoms with Crippen LogP contribution in [0.4, 0.5) is 4.79 Å². The molecule has 29 heavy (non-hydrogen) atoms. The number of fused-ring (bicyclic) bond motifs is 1. The first-order valence-electron chi connectivity index (χ1n) is 9.95. The molecule has 1 aromatic carbocycles. The molecule has 7 nitrogen and oxygen atoms in total. The number of nitrogens with zero attached hydrogens (tertiary/aromatic N) is 2. The van der Waals surface area contributed by atoms with Gasteiger partial charge in [-0.15, -0.1) is 0 Å². The number of hydrogen-bond acceptors (Lipinski definition) is 4. The summed E-state index contributed by atoms with van der Waals surface area (Å²) in [5.74, 6) is 0.668. The molecule has 0 bridgehead atoms. The fourth-order valence-electron chi connectivity index (χ4n) is 2.73. The summed E-state index contributed by atoms with van der Waals surface area (Å²) in [4.78, 5) is 21.2. The van der Waals surface area contributed by atoms with Crippen molar-refractivity contribution in [3.05, 3.63) is 42.2 Å². The Morgan fingerprint density at radius 2 is 1.83 bits per heavy atom. The van der Waals surface area contributed by atoms with E-state index in [0.717, 1.165) is 23.0 Å². The van der Waals surface area contributed by atoms with Gasteiger partial charge in [0, 0.05) is 24.7 Å². The molecule has 158 valence electrons. The van der Waals surface area contributed by atoms with Crippen molar-refractivity contribution in [1.82, 2.24) is 20.9 Å². The Morgan fingerprint density at radius 1 is 1.10 bits per heavy atom. The Hall–Kier alpha value is -2.83. The van der Waals surface area contributed by atoms with Gasteiger partial charge in [0.2, 0.25) is 0 Å². The SMILES string of the molecule is CCNC(=NCc1nccc2ccccc12)NCC(C)(C)NC(=O)OC(C)(C)C. The molecule has 0 spiro atoms. The van der Waals surface area contributed by atoms with Crippen LogP contribution in [0.3, 0.4) is 0 Å². The maximum absolute atomic E-state index is 12.1. The predicted molar refractivity (Wildman–Crippen MR) is 118 cm³/mol. The lowest BCUT2D eigenvalue weighted by Gasteiger charge is -2.29. The van der Waals surface area contributed by atoms with Crippen LogP contribution in [-0.4, -0.2) is 41.3 Å². The molecule has 1 heterocycles. The molecule has 1 aromatic heterocycles. The van der Waals surface area contributed by atoms with Crippen LogP contribution < -0.4 is 16.0 Å². The van der Waals surface area contributed by atoms with Crippen LogP contribution in [0.25, 0.3) is 10.8 Å². The van der Waals surface area contributed by atoms with Crippen molar-refractivity contribution in [1.29, 1.82) is 0 Å². The number of carbonyl (C=O) groups excluding carboxylic acids is 1. The summed E-state index contributed by atoms with van der Waals surface area (Å²) in [6.07, 6.45) is 1.37. The molecular weight excluding hydrogens is 366 g/mol. The average molecular weight is 400 g/mol. The molecule has 0 saturated carbocycles. The van der Waals surface area contributed by atoms with E-state index in [4.69, 9.17) is 4.74 Å². The average Bonchev–Trinajstić information content (AvgIpc) is 2.62. The van der Waals surface area contributed by atoms with Crippen LogP contribution in [0.5, 0.6) is 0 Å². The number of aromatic nitrogens is 1. The summed E-state index contributed by atoms with van der Waals surface area (Å²) in [6, 6.07) is 10.1. The van der Waals surface area contributed by atoms with Crippen LogP contribution in [0.2, 0.25) is 0 Å². The van der Waals surface area contributed by atoms with Crippen LogP contribution in [0, 0.1) is 0 Å². The number of rotatable bonds is 6. The number of ether oxygens (including phenoxy) is 1. The van der Waals surface area contributed by atoms with Gasteiger partial charge in [-0.1, -0.05) is 24.3 Å². The molecule has 2 aromatic rings. The highest BCUT2D eigenvalue weighted by atomic mass is 16.6. The number of nitrogens with one attached hydrogen (secondary N) is 3. The molecule has 0 aliphatic heterocycles. The molecule has 2 rings (SSSR count). The van der Waals surface area contributed by atoms with Crippen molar-refractivity contribution in [2.45, 2.75) is 59.2 Å². The number of guanidine groups is 1. The summed E-state index contributed by atoms with van der Waals surface area (Å²) in [6.45, 7) is 13.1. The quantitative estimate of drug-likeness (QED) is 0.510. The Bertz CT molecular complexity index is 850. The molecule has 0 aliphatic carbocycles. The second-order valence-electron chi connectivity index (χ2n) is 8.54. The smallest absolute Gasteiger partial charge is 0.408 e. The van der Waals surface area contributed by atoms with Gasteiger partial charge in [-0.25, -0.2) is 9.79 Å². The van der Waals surface area contributed by atoms with Gasteiger partial charge in [-0.05, 0) is 53.0 Å². The highest BCUT2D eigenvalue weighted by Gasteiger charge is 2.24. The zero-order chi connectivity index (χ0) is 21.5. The third-order valence-electron chi connectivity index (χ3n) is 4.02. The minimum Gasteiger partial charge on any atom is -0.444 e. The van der Waals surface area contributed by atoms with Crippen molar-refractivity contribution in [3.63, 3.8) is 0 Å². The first-order valence-corrected chi connectivity index (χ1v) is 9.95. The Kier molecular flexibility index (Phi) is 7.42. The number of benzene rings is 1. The molecule has 3 N–H and O–H groups in total. The lowest BCUT2D eigenvalue weighted by atomic mass is 10.1. The van der Waals surface area contributed by atoms with Gasteiger partial charge in [0.15, 0.2) is 5.96 Å². The van der Waals surface area contributed by atoms with Crippen molar-refractivity contribution in [2.75, 3.05) is 13.1 Å². The molecule has 7 heteroatoms. The third-order valence-corrected chi connectivity index (χ3v) is 4.02. The Labute approximate surface area is 173 Å². The van der Waals surface area contributed by atoms with Gasteiger partial charge in [-0.2, -0.15) is 0 Å². The molecule has 0 aliphatic rings. The highest BCUT2D eigenvalue weighted by molar-refractivity contribution is 5.85. The van der Waals surface area contributed by atoms with Crippen molar-refractivity contribution < 1.29 is 9.53 Å². The highest BCUT2D eigenvalue weighted by Crippen LogP contribution is 2.16. The van der Waals surface area contributed by atoms with E-state index < -0.39 is 17.2 Å². The van der Waals surface area contributed by atoms with Gasteiger partial charge in [0.25, 0.3) is 0 Å². The lowest BCUT2D eigenvalue weighted by Crippen LogP contribution is -2.54. The number of pyridine rings is 1. The minimum atomic E-state index is -0.532. The molecule has 0 unspecified atom stereocenters. The van der Waals surface area contributed by atoms with Gasteiger partial charge in [0.1, 0.15) is 5.60 Å². The Morgan fingerprint density at radius 3 is 2.52 bits per heavy atom. The maximum atomic E-state index is 12.1. The summed E-state index contributed by atoms with van der Waals surface area (Å²) in [5, 5.41) is 11.7. The standard InChI is InChI=1S/C22H33N5O2/c1-7-23-19(26-15-22(5,6)27-20(28)29-21(2,3)4)25-14-18-17-11-9-8-10-16(17)12-13-24-18/h8-13H,7,14-15H2,1-6H3,(H,27,28)(H2,23,25,26). The summed E-state index contributed by atoms with van der Waals surface area (Å²) < 4.78 is 5.34. The second-order valence-corrected chi connectivity index (χ2v) is 8.54. The van der Waals surface area contributed by atoms with Crippen molar-refractivity contribution >= 4 is 22.8 Å². The van der Waals surface area contributed by atoms with E-state index in [0.29, 0.717) is 19.0 Å². The van der Waals surface area contributed by atoms with E-state index in [9.17, 15) is 4.79 Å². The fourth-order valence-corrected chi connectivity index (χ4v) is 2.73. The van der Waals surface area contributed by atoms with Crippen LogP contribution >= 0.6 is 0 Å². The summed E-state index contributed by atoms with van der Waals surface area (Å²) in [7, 11) is 0. The molecule has 0 saturated heterocycles. The monoisotopic (exact) mass is 399 g/mol. The van der Waals surface area contributed by atoms with E-state index in [1.807, 2.05) is 59.7 Å². The molecule has 0 atom stereocenters. The first-order chi connectivity index (χ1) is 13.6. The molecule has 0 radical (unpaired) electrons. The molecule has 1 amide bonds. The van der Waals surface area contributed by atoms with E-state index in [1.165, 1.54) is 0 Å². The van der Waals surface area contributed by atoms with Crippen LogP contribution in [0.1, 0.15) is 47.2 Å². The lowest BCUT2D eigenvalue weighted by molar-refractivity contribution is 0.0474. The number of carbonyl (C=O) groups is 1. The topological polar surface area (TPSA) is 87.6 Å². The van der Waals surface area contributed by atoms with E-state index >= 15 is 0 Å². The van der Waals surface area contributed by atoms with Crippen molar-refractivity contribution in [3.8, 4) is 0 Å². The molecular formula is C22H33N5O2. The van der Waals surface area contributed by atoms with Crippen molar-refractivity contribution in [2.24, 2.45) is 4.99 Å². The second kappa shape index (κ2) is 9.58. The van der Waals surface area contributed by atoms with E-state index in [1.54, 1.807) is 6.20 Å². The van der Waals surface area contributed by atoms with Gasteiger partial charge in [-0.3, -0.25) is 4.98 Å². The van der Waals surface area contributed by atoms with Crippen LogP contribution in [-0.2, 0) is 11.3 Å². The summed E-state index contributed by atoms with van der Waals surface area (Å²) in [5.41, 5.74) is -0.127. The van der Waals surface area contributed by atoms with Crippen LogP contribution in [0.15, 0.2) is 41.5 Å². The number of hydrogen-bond donors (Lipinski definition) is 3. The zero-order valence-electron chi connectivity index (χ0n) is 18.3. The Balaban J connectivity index is 2.02. The number of amides is 1. The molecule has 0 fully saturated rings. The minimum absolute atomic E-state index is 0.439. The maximum Gasteiger partial charge on any atom is 0.408 e. The largest absolute Gasteiger partial charge is 0.444 e. The van der Waals surface area contributed by atoms with E-state index in [-0.39, 0.29) is 0 Å². The number of alkyl carbamates (subject to hydrolysis) is 1. The zero-order valence-corrected chi connectivity index (χ0v) is 18.3. The van der Waals surface area contributed by atoms with Gasteiger partial charge < -0.3 is 20.7 Å². The van der Waals surface area contributed by atoms with Gasteiger partial charge >= 0.3 is 6.09 Å². The van der Waals surface area contributed by atoms with E-state index in [2.05, 4.69) is 38.1 Å². The third kappa shape index (κ3) is 7.60. The normalized spacial score (nSPS) is 12.6. The summed E-state index contributed by atoms with van der Waals surface area (Å²) >= 11 is 0. The predicted octanol–water partition coefficient (Wildman–Crippen LogP) is 3.59. The van der Waals surface area contributed by atoms with Gasteiger partial charge in [0.05, 0.1) is 17.8 Å².